The van der Waals surface area contributed by atoms with Gasteiger partial charge in [-0.3, -0.25) is 0 Å². The van der Waals surface area contributed by atoms with Crippen molar-refractivity contribution in [1.82, 2.24) is 0 Å². The summed E-state index contributed by atoms with van der Waals surface area (Å²) in [6.07, 6.45) is 0. The summed E-state index contributed by atoms with van der Waals surface area (Å²) in [4.78, 5) is 0. The molecule has 0 fully saturated rings. The summed E-state index contributed by atoms with van der Waals surface area (Å²) in [5.74, 6) is 0. The molecule has 1 aromatic rings. The van der Waals surface area contributed by atoms with E-state index in [9.17, 15) is 0 Å². The maximum Gasteiger partial charge on any atom is 2.00 e. The molecule has 0 saturated heterocycles. The van der Waals surface area contributed by atoms with E-state index in [1.165, 1.54) is 15.6 Å². The van der Waals surface area contributed by atoms with Gasteiger partial charge in [0.1, 0.15) is 0 Å². The fourth-order valence-electron chi connectivity index (χ4n) is 0.637. The molecule has 1 aromatic carbocycles. The Morgan fingerprint density at radius 1 is 1.23 bits per heavy atom. The maximum atomic E-state index is 3.43. The molecule has 0 unspecified atom stereocenters. The second kappa shape index (κ2) is 11.7. The van der Waals surface area contributed by atoms with Crippen LogP contribution in [0.4, 0.5) is 0 Å². The first kappa shape index (κ1) is 24.1. The summed E-state index contributed by atoms with van der Waals surface area (Å²) < 4.78 is 1.17. The fraction of sp³-hybridized carbons (Fsp3) is 0.250. The summed E-state index contributed by atoms with van der Waals surface area (Å²) in [5, 5.41) is 0. The van der Waals surface area contributed by atoms with E-state index in [0.717, 1.165) is 0 Å². The van der Waals surface area contributed by atoms with Gasteiger partial charge >= 0.3 is 41.9 Å². The Morgan fingerprint density at radius 2 is 1.69 bits per heavy atom. The fourth-order valence-corrected chi connectivity index (χ4v) is 1.09. The summed E-state index contributed by atoms with van der Waals surface area (Å²) >= 11 is 3.43. The molecular weight excluding hydrogens is 278 g/mol. The molecule has 1 rings (SSSR count). The third-order valence-corrected chi connectivity index (χ3v) is 2.09. The summed E-state index contributed by atoms with van der Waals surface area (Å²) in [6.45, 7) is 4.09. The Kier molecular flexibility index (Phi) is 21.7. The van der Waals surface area contributed by atoms with Crippen LogP contribution >= 0.6 is 15.9 Å². The molecule has 0 bridgehead atoms. The molecule has 0 spiro atoms. The number of rotatable bonds is 0. The van der Waals surface area contributed by atoms with Crippen molar-refractivity contribution in [3.8, 4) is 0 Å². The predicted octanol–water partition coefficient (Wildman–Crippen LogP) is -6.50. The first-order valence-electron chi connectivity index (χ1n) is 2.84. The van der Waals surface area contributed by atoms with E-state index in [4.69, 9.17) is 0 Å². The molecule has 0 aliphatic carbocycles. The molecule has 0 radical (unpaired) electrons. The van der Waals surface area contributed by atoms with Crippen molar-refractivity contribution in [3.05, 3.63) is 33.8 Å². The standard InChI is InChI=1S/C8H8Br.2ClH.Li.Mg/c1-6-3-4-7(2)8(9)5-6;;;;/h4-5H,1-2H3;2*1H;;/q-1;;;+1;+2/p-2. The molecule has 0 aliphatic rings. The molecule has 0 aromatic heterocycles. The zero-order valence-corrected chi connectivity index (χ0v) is 12.5. The third-order valence-electron chi connectivity index (χ3n) is 1.24. The van der Waals surface area contributed by atoms with E-state index in [1.54, 1.807) is 0 Å². The van der Waals surface area contributed by atoms with Gasteiger partial charge in [0.25, 0.3) is 0 Å². The largest absolute Gasteiger partial charge is 2.00 e. The van der Waals surface area contributed by atoms with Crippen LogP contribution in [0.2, 0.25) is 0 Å². The van der Waals surface area contributed by atoms with Crippen molar-refractivity contribution in [2.75, 3.05) is 0 Å². The number of hydrogen-bond donors (Lipinski definition) is 0. The number of aryl methyl sites for hydroxylation is 2. The molecule has 0 atom stereocenters. The first-order chi connectivity index (χ1) is 4.20. The van der Waals surface area contributed by atoms with E-state index >= 15 is 0 Å². The average Bonchev–Trinajstić information content (AvgIpc) is 1.80. The van der Waals surface area contributed by atoms with Crippen molar-refractivity contribution in [2.45, 2.75) is 13.8 Å². The molecule has 13 heavy (non-hydrogen) atoms. The van der Waals surface area contributed by atoms with Crippen LogP contribution in [0.25, 0.3) is 0 Å². The molecule has 0 saturated carbocycles. The van der Waals surface area contributed by atoms with Gasteiger partial charge in [-0.05, 0) is 0 Å². The van der Waals surface area contributed by atoms with Crippen LogP contribution in [0.3, 0.4) is 0 Å². The van der Waals surface area contributed by atoms with Crippen LogP contribution in [0.15, 0.2) is 16.6 Å². The van der Waals surface area contributed by atoms with Gasteiger partial charge in [0, 0.05) is 0 Å². The number of halogens is 3. The Hall–Kier alpha value is 1.64. The average molecular weight is 286 g/mol. The molecule has 0 aliphatic heterocycles. The van der Waals surface area contributed by atoms with Crippen molar-refractivity contribution < 1.29 is 43.7 Å². The quantitative estimate of drug-likeness (QED) is 0.329. The van der Waals surface area contributed by atoms with Gasteiger partial charge in [0.05, 0.1) is 0 Å². The third kappa shape index (κ3) is 8.63. The van der Waals surface area contributed by atoms with Crippen molar-refractivity contribution >= 4 is 39.0 Å². The predicted molar refractivity (Wildman–Crippen MR) is 48.2 cm³/mol. The van der Waals surface area contributed by atoms with Gasteiger partial charge in [-0.2, -0.15) is 23.8 Å². The summed E-state index contributed by atoms with van der Waals surface area (Å²) in [6, 6.07) is 7.16. The minimum atomic E-state index is 0. The van der Waals surface area contributed by atoms with E-state index in [2.05, 4.69) is 35.0 Å². The van der Waals surface area contributed by atoms with E-state index in [1.807, 2.05) is 13.0 Å². The Bertz CT molecular complexity index is 233. The smallest absolute Gasteiger partial charge is 1.00 e. The summed E-state index contributed by atoms with van der Waals surface area (Å²) in [5.41, 5.74) is 2.41. The molecule has 5 heteroatoms. The zero-order chi connectivity index (χ0) is 6.85. The second-order valence-electron chi connectivity index (χ2n) is 2.15. The Balaban J connectivity index is -0.000000101. The molecule has 64 valence electrons. The second-order valence-corrected chi connectivity index (χ2v) is 3.00. The number of hydrogen-bond acceptors (Lipinski definition) is 0. The van der Waals surface area contributed by atoms with Crippen LogP contribution in [0.5, 0.6) is 0 Å². The minimum Gasteiger partial charge on any atom is -1.00 e. The van der Waals surface area contributed by atoms with Gasteiger partial charge in [-0.15, -0.1) is 5.56 Å². The minimum absolute atomic E-state index is 0. The van der Waals surface area contributed by atoms with Crippen LogP contribution in [0.1, 0.15) is 11.1 Å². The van der Waals surface area contributed by atoms with Gasteiger partial charge in [-0.25, -0.2) is 0 Å². The summed E-state index contributed by atoms with van der Waals surface area (Å²) in [7, 11) is 0. The van der Waals surface area contributed by atoms with Crippen molar-refractivity contribution in [3.63, 3.8) is 0 Å². The zero-order valence-electron chi connectivity index (χ0n) is 8.00. The maximum absolute atomic E-state index is 3.43. The van der Waals surface area contributed by atoms with Crippen molar-refractivity contribution in [2.24, 2.45) is 0 Å². The van der Waals surface area contributed by atoms with Crippen molar-refractivity contribution in [1.29, 1.82) is 0 Å². The van der Waals surface area contributed by atoms with Crippen LogP contribution in [-0.4, -0.2) is 23.1 Å². The SMILES string of the molecule is Cc1[c-]cc(C)c(Br)c1.[Cl-].[Cl-].[Li+].[Mg+2]. The molecule has 0 N–H and O–H groups in total. The van der Waals surface area contributed by atoms with E-state index < -0.39 is 0 Å². The normalized spacial score (nSPS) is 6.69. The van der Waals surface area contributed by atoms with Crippen LogP contribution in [0, 0.1) is 19.9 Å². The van der Waals surface area contributed by atoms with Gasteiger partial charge in [0.15, 0.2) is 0 Å². The van der Waals surface area contributed by atoms with Crippen LogP contribution in [-0.2, 0) is 0 Å². The van der Waals surface area contributed by atoms with Crippen LogP contribution < -0.4 is 43.7 Å². The molecular formula is C8H8BrCl2LiMg. The topological polar surface area (TPSA) is 0 Å². The Morgan fingerprint density at radius 3 is 2.00 bits per heavy atom. The molecule has 0 amide bonds. The van der Waals surface area contributed by atoms with E-state index in [-0.39, 0.29) is 66.7 Å². The number of benzene rings is 1. The monoisotopic (exact) mass is 284 g/mol. The van der Waals surface area contributed by atoms with Gasteiger partial charge in [0.2, 0.25) is 0 Å². The van der Waals surface area contributed by atoms with Gasteiger partial charge in [-0.1, -0.05) is 34.3 Å². The Labute approximate surface area is 129 Å². The first-order valence-corrected chi connectivity index (χ1v) is 3.64. The van der Waals surface area contributed by atoms with Gasteiger partial charge < -0.3 is 24.8 Å². The van der Waals surface area contributed by atoms with E-state index in [0.29, 0.717) is 0 Å². The molecule has 0 nitrogen and oxygen atoms in total. The molecule has 0 heterocycles.